The van der Waals surface area contributed by atoms with E-state index < -0.39 is 6.04 Å². The first kappa shape index (κ1) is 26.0. The van der Waals surface area contributed by atoms with Crippen molar-refractivity contribution in [2.45, 2.75) is 51.1 Å². The Labute approximate surface area is 217 Å². The average molecular weight is 511 g/mol. The number of nitrogens with zero attached hydrogens (tertiary/aromatic N) is 3. The summed E-state index contributed by atoms with van der Waals surface area (Å²) in [5.41, 5.74) is 1.01. The van der Waals surface area contributed by atoms with E-state index >= 15 is 0 Å². The Balaban J connectivity index is 1.52. The molecule has 1 aliphatic rings. The normalized spacial score (nSPS) is 14.8. The van der Waals surface area contributed by atoms with Crippen LogP contribution in [0.3, 0.4) is 0 Å². The summed E-state index contributed by atoms with van der Waals surface area (Å²) in [6.45, 7) is 1.57. The van der Waals surface area contributed by atoms with Gasteiger partial charge in [0.25, 0.3) is 0 Å². The molecule has 0 spiro atoms. The summed E-state index contributed by atoms with van der Waals surface area (Å²) in [6.07, 6.45) is 10.7. The first-order valence-electron chi connectivity index (χ1n) is 12.6. The van der Waals surface area contributed by atoms with E-state index in [0.29, 0.717) is 42.4 Å². The van der Waals surface area contributed by atoms with E-state index in [1.165, 1.54) is 19.3 Å². The van der Waals surface area contributed by atoms with Gasteiger partial charge in [0.15, 0.2) is 0 Å². The monoisotopic (exact) mass is 510 g/mol. The van der Waals surface area contributed by atoms with Crippen molar-refractivity contribution < 1.29 is 9.53 Å². The predicted molar refractivity (Wildman–Crippen MR) is 144 cm³/mol. The van der Waals surface area contributed by atoms with Gasteiger partial charge in [-0.1, -0.05) is 55.8 Å². The highest BCUT2D eigenvalue weighted by atomic mass is 35.5. The summed E-state index contributed by atoms with van der Waals surface area (Å²) in [7, 11) is 1.66. The van der Waals surface area contributed by atoms with Crippen LogP contribution in [0.15, 0.2) is 54.9 Å². The number of halogens is 1. The molecule has 4 rings (SSSR count). The highest BCUT2D eigenvalue weighted by Gasteiger charge is 2.25. The summed E-state index contributed by atoms with van der Waals surface area (Å²) in [5.74, 6) is 2.29. The van der Waals surface area contributed by atoms with Gasteiger partial charge >= 0.3 is 0 Å². The number of aromatic nitrogens is 3. The molecule has 0 aliphatic heterocycles. The topological polar surface area (TPSA) is 93.1 Å². The lowest BCUT2D eigenvalue weighted by molar-refractivity contribution is -0.122. The molecule has 1 aliphatic carbocycles. The van der Waals surface area contributed by atoms with Crippen LogP contribution in [0.1, 0.15) is 44.1 Å². The summed E-state index contributed by atoms with van der Waals surface area (Å²) in [6, 6.07) is 12.9. The molecule has 36 heavy (non-hydrogen) atoms. The van der Waals surface area contributed by atoms with Gasteiger partial charge < -0.3 is 25.3 Å². The van der Waals surface area contributed by atoms with Crippen LogP contribution in [0.5, 0.6) is 0 Å². The molecule has 0 radical (unpaired) electrons. The number of hydrogen-bond acceptors (Lipinski definition) is 6. The number of carbonyl (C=O) groups is 1. The first-order chi connectivity index (χ1) is 17.6. The van der Waals surface area contributed by atoms with Crippen molar-refractivity contribution in [3.8, 4) is 5.82 Å². The average Bonchev–Trinajstić information content (AvgIpc) is 3.44. The molecular weight excluding hydrogens is 476 g/mol. The van der Waals surface area contributed by atoms with Crippen LogP contribution in [0, 0.1) is 5.92 Å². The van der Waals surface area contributed by atoms with Crippen LogP contribution < -0.4 is 16.0 Å². The smallest absolute Gasteiger partial charge is 0.242 e. The summed E-state index contributed by atoms with van der Waals surface area (Å²) in [5, 5.41) is 10.4. The third kappa shape index (κ3) is 7.70. The van der Waals surface area contributed by atoms with Crippen LogP contribution in [0.4, 0.5) is 11.8 Å². The Morgan fingerprint density at radius 2 is 1.89 bits per heavy atom. The molecule has 192 valence electrons. The highest BCUT2D eigenvalue weighted by molar-refractivity contribution is 6.30. The molecule has 3 N–H and O–H groups in total. The molecule has 0 bridgehead atoms. The fourth-order valence-electron chi connectivity index (χ4n) is 4.55. The number of methoxy groups -OCH3 is 1. The number of amides is 1. The molecular formula is C27H35ClN6O2. The largest absolute Gasteiger partial charge is 0.383 e. The SMILES string of the molecule is COCCNc1nc(N[C@H](CC2CCCCC2)C(=O)NCc2ccc(Cl)cc2)cc(-n2cccc2)n1. The Morgan fingerprint density at radius 3 is 2.61 bits per heavy atom. The summed E-state index contributed by atoms with van der Waals surface area (Å²) < 4.78 is 7.07. The predicted octanol–water partition coefficient (Wildman–Crippen LogP) is 5.05. The number of carbonyl (C=O) groups excluding carboxylic acids is 1. The van der Waals surface area contributed by atoms with Crippen molar-refractivity contribution in [1.82, 2.24) is 19.9 Å². The van der Waals surface area contributed by atoms with E-state index in [1.807, 2.05) is 59.4 Å². The zero-order chi connectivity index (χ0) is 25.2. The van der Waals surface area contributed by atoms with Gasteiger partial charge in [0.2, 0.25) is 11.9 Å². The van der Waals surface area contributed by atoms with Crippen molar-refractivity contribution in [3.63, 3.8) is 0 Å². The maximum Gasteiger partial charge on any atom is 0.242 e. The Hall–Kier alpha value is -3.10. The van der Waals surface area contributed by atoms with Gasteiger partial charge in [-0.25, -0.2) is 0 Å². The number of ether oxygens (including phenoxy) is 1. The molecule has 2 aromatic heterocycles. The van der Waals surface area contributed by atoms with Gasteiger partial charge in [-0.15, -0.1) is 0 Å². The second kappa shape index (κ2) is 13.3. The van der Waals surface area contributed by atoms with E-state index in [0.717, 1.165) is 30.6 Å². The van der Waals surface area contributed by atoms with Crippen LogP contribution in [0.25, 0.3) is 5.82 Å². The second-order valence-corrected chi connectivity index (χ2v) is 9.66. The molecule has 2 heterocycles. The van der Waals surface area contributed by atoms with Crippen molar-refractivity contribution in [2.75, 3.05) is 30.9 Å². The molecule has 1 fully saturated rings. The fraction of sp³-hybridized carbons (Fsp3) is 0.444. The van der Waals surface area contributed by atoms with E-state index in [4.69, 9.17) is 16.3 Å². The zero-order valence-corrected chi connectivity index (χ0v) is 21.5. The van der Waals surface area contributed by atoms with E-state index in [9.17, 15) is 4.79 Å². The van der Waals surface area contributed by atoms with Crippen molar-refractivity contribution >= 4 is 29.3 Å². The van der Waals surface area contributed by atoms with Gasteiger partial charge in [0.1, 0.15) is 17.7 Å². The number of rotatable bonds is 12. The number of nitrogens with one attached hydrogen (secondary N) is 3. The molecule has 9 heteroatoms. The number of anilines is 2. The zero-order valence-electron chi connectivity index (χ0n) is 20.8. The Bertz CT molecular complexity index is 1080. The van der Waals surface area contributed by atoms with Crippen molar-refractivity contribution in [1.29, 1.82) is 0 Å². The van der Waals surface area contributed by atoms with Crippen LogP contribution in [-0.2, 0) is 16.1 Å². The minimum absolute atomic E-state index is 0.0365. The van der Waals surface area contributed by atoms with Gasteiger partial charge in [-0.2, -0.15) is 9.97 Å². The minimum atomic E-state index is -0.403. The standard InChI is InChI=1S/C27H35ClN6O2/c1-36-16-13-29-27-32-24(18-25(33-27)34-14-5-6-15-34)31-23(17-20-7-3-2-4-8-20)26(35)30-19-21-9-11-22(28)12-10-21/h5-6,9-12,14-15,18,20,23H,2-4,7-8,13,16-17,19H2,1H3,(H,30,35)(H2,29,31,32,33)/t23-/m1/s1. The fourth-order valence-corrected chi connectivity index (χ4v) is 4.68. The number of benzene rings is 1. The van der Waals surface area contributed by atoms with Crippen molar-refractivity contribution in [3.05, 3.63) is 65.4 Å². The third-order valence-electron chi connectivity index (χ3n) is 6.48. The van der Waals surface area contributed by atoms with Gasteiger partial charge in [0.05, 0.1) is 6.61 Å². The highest BCUT2D eigenvalue weighted by Crippen LogP contribution is 2.28. The van der Waals surface area contributed by atoms with E-state index in [-0.39, 0.29) is 5.91 Å². The Morgan fingerprint density at radius 1 is 1.14 bits per heavy atom. The molecule has 1 saturated carbocycles. The molecule has 0 saturated heterocycles. The third-order valence-corrected chi connectivity index (χ3v) is 6.74. The summed E-state index contributed by atoms with van der Waals surface area (Å²) in [4.78, 5) is 22.7. The Kier molecular flexibility index (Phi) is 9.58. The molecule has 0 unspecified atom stereocenters. The van der Waals surface area contributed by atoms with Crippen LogP contribution in [-0.4, -0.2) is 46.7 Å². The quantitative estimate of drug-likeness (QED) is 0.295. The molecule has 8 nitrogen and oxygen atoms in total. The molecule has 1 aromatic carbocycles. The first-order valence-corrected chi connectivity index (χ1v) is 13.0. The lowest BCUT2D eigenvalue weighted by Crippen LogP contribution is -2.41. The summed E-state index contributed by atoms with van der Waals surface area (Å²) >= 11 is 6.00. The second-order valence-electron chi connectivity index (χ2n) is 9.23. The van der Waals surface area contributed by atoms with Gasteiger partial charge in [-0.3, -0.25) is 4.79 Å². The van der Waals surface area contributed by atoms with Gasteiger partial charge in [-0.05, 0) is 42.2 Å². The van der Waals surface area contributed by atoms with Crippen LogP contribution in [0.2, 0.25) is 5.02 Å². The van der Waals surface area contributed by atoms with E-state index in [1.54, 1.807) is 7.11 Å². The number of hydrogen-bond donors (Lipinski definition) is 3. The minimum Gasteiger partial charge on any atom is -0.383 e. The van der Waals surface area contributed by atoms with Gasteiger partial charge in [0, 0.05) is 43.7 Å². The molecule has 1 atom stereocenters. The van der Waals surface area contributed by atoms with Crippen LogP contribution >= 0.6 is 11.6 Å². The molecule has 1 amide bonds. The molecule has 3 aromatic rings. The van der Waals surface area contributed by atoms with Crippen molar-refractivity contribution in [2.24, 2.45) is 5.92 Å². The maximum atomic E-state index is 13.4. The van der Waals surface area contributed by atoms with E-state index in [2.05, 4.69) is 25.9 Å². The lowest BCUT2D eigenvalue weighted by Gasteiger charge is -2.27. The lowest BCUT2D eigenvalue weighted by atomic mass is 9.84. The maximum absolute atomic E-state index is 13.4.